The number of hydrogen-bond donors (Lipinski definition) is 1. The second-order valence-electron chi connectivity index (χ2n) is 5.15. The largest absolute Gasteiger partial charge is 0.496 e. The van der Waals surface area contributed by atoms with E-state index in [9.17, 15) is 0 Å². The highest BCUT2D eigenvalue weighted by molar-refractivity contribution is 5.64. The molecule has 0 saturated carbocycles. The van der Waals surface area contributed by atoms with Crippen LogP contribution in [0.25, 0.3) is 0 Å². The van der Waals surface area contributed by atoms with Gasteiger partial charge in [-0.1, -0.05) is 6.07 Å². The Kier molecular flexibility index (Phi) is 2.71. The first kappa shape index (κ1) is 10.9. The molecule has 3 nitrogen and oxygen atoms in total. The second kappa shape index (κ2) is 4.22. The van der Waals surface area contributed by atoms with Crippen molar-refractivity contribution in [2.24, 2.45) is 11.7 Å². The van der Waals surface area contributed by atoms with E-state index in [0.717, 1.165) is 25.3 Å². The van der Waals surface area contributed by atoms with Crippen molar-refractivity contribution >= 4 is 5.69 Å². The molecular formula is C14H20N2O. The number of piperidine rings is 1. The summed E-state index contributed by atoms with van der Waals surface area (Å²) >= 11 is 0. The topological polar surface area (TPSA) is 38.5 Å². The number of nitrogens with two attached hydrogens (primary N) is 1. The van der Waals surface area contributed by atoms with Crippen molar-refractivity contribution < 1.29 is 4.74 Å². The van der Waals surface area contributed by atoms with Gasteiger partial charge in [-0.2, -0.15) is 0 Å². The lowest BCUT2D eigenvalue weighted by Crippen LogP contribution is -2.43. The van der Waals surface area contributed by atoms with Crippen LogP contribution in [0.4, 0.5) is 5.69 Å². The fourth-order valence-electron chi connectivity index (χ4n) is 3.26. The van der Waals surface area contributed by atoms with Gasteiger partial charge in [0, 0.05) is 23.8 Å². The van der Waals surface area contributed by atoms with Gasteiger partial charge in [0.25, 0.3) is 0 Å². The smallest absolute Gasteiger partial charge is 0.124 e. The van der Waals surface area contributed by atoms with E-state index < -0.39 is 0 Å². The van der Waals surface area contributed by atoms with Crippen molar-refractivity contribution in [3.05, 3.63) is 23.8 Å². The van der Waals surface area contributed by atoms with Gasteiger partial charge in [0.15, 0.2) is 0 Å². The highest BCUT2D eigenvalue weighted by Gasteiger charge is 2.35. The Labute approximate surface area is 103 Å². The number of benzene rings is 1. The fourth-order valence-corrected chi connectivity index (χ4v) is 3.26. The molecule has 3 heteroatoms. The van der Waals surface area contributed by atoms with E-state index in [4.69, 9.17) is 10.5 Å². The Hall–Kier alpha value is -1.22. The summed E-state index contributed by atoms with van der Waals surface area (Å²) in [7, 11) is 1.76. The molecule has 3 rings (SSSR count). The molecule has 0 bridgehead atoms. The SMILES string of the molecule is COc1cccc2c1CC1CCC(CN)CN21. The molecule has 2 unspecified atom stereocenters. The van der Waals surface area contributed by atoms with Gasteiger partial charge in [-0.15, -0.1) is 0 Å². The zero-order valence-electron chi connectivity index (χ0n) is 10.4. The second-order valence-corrected chi connectivity index (χ2v) is 5.15. The Morgan fingerprint density at radius 3 is 3.06 bits per heavy atom. The minimum atomic E-state index is 0.656. The molecule has 2 aliphatic heterocycles. The van der Waals surface area contributed by atoms with E-state index in [1.165, 1.54) is 24.1 Å². The van der Waals surface area contributed by atoms with Crippen LogP contribution >= 0.6 is 0 Å². The fraction of sp³-hybridized carbons (Fsp3) is 0.571. The van der Waals surface area contributed by atoms with E-state index in [-0.39, 0.29) is 0 Å². The highest BCUT2D eigenvalue weighted by Crippen LogP contribution is 2.42. The third-order valence-corrected chi connectivity index (χ3v) is 4.21. The van der Waals surface area contributed by atoms with Crippen molar-refractivity contribution in [2.75, 3.05) is 25.1 Å². The van der Waals surface area contributed by atoms with Crippen molar-refractivity contribution in [1.29, 1.82) is 0 Å². The number of methoxy groups -OCH3 is 1. The lowest BCUT2D eigenvalue weighted by molar-refractivity contribution is 0.370. The molecule has 0 radical (unpaired) electrons. The number of nitrogens with zero attached hydrogens (tertiary/aromatic N) is 1. The van der Waals surface area contributed by atoms with Gasteiger partial charge in [-0.05, 0) is 43.9 Å². The van der Waals surface area contributed by atoms with E-state index in [1.54, 1.807) is 7.11 Å². The number of anilines is 1. The number of rotatable bonds is 2. The van der Waals surface area contributed by atoms with Crippen molar-refractivity contribution in [3.63, 3.8) is 0 Å². The Balaban J connectivity index is 1.93. The van der Waals surface area contributed by atoms with Crippen molar-refractivity contribution in [1.82, 2.24) is 0 Å². The standard InChI is InChI=1S/C14H20N2O/c1-17-14-4-2-3-13-12(14)7-11-6-5-10(8-15)9-16(11)13/h2-4,10-11H,5-9,15H2,1H3. The molecule has 1 saturated heterocycles. The van der Waals surface area contributed by atoms with Crippen molar-refractivity contribution in [3.8, 4) is 5.75 Å². The zero-order chi connectivity index (χ0) is 11.8. The predicted octanol–water partition coefficient (Wildman–Crippen LogP) is 1.79. The quantitative estimate of drug-likeness (QED) is 0.845. The summed E-state index contributed by atoms with van der Waals surface area (Å²) < 4.78 is 5.46. The molecule has 2 heterocycles. The number of ether oxygens (including phenoxy) is 1. The molecule has 0 amide bonds. The average Bonchev–Trinajstić information content (AvgIpc) is 2.76. The summed E-state index contributed by atoms with van der Waals surface area (Å²) in [6, 6.07) is 7.05. The maximum absolute atomic E-state index is 5.81. The molecule has 0 spiro atoms. The predicted molar refractivity (Wildman–Crippen MR) is 69.6 cm³/mol. The van der Waals surface area contributed by atoms with E-state index in [1.807, 2.05) is 0 Å². The first-order chi connectivity index (χ1) is 8.33. The minimum Gasteiger partial charge on any atom is -0.496 e. The monoisotopic (exact) mass is 232 g/mol. The summed E-state index contributed by atoms with van der Waals surface area (Å²) in [5.41, 5.74) is 8.57. The summed E-state index contributed by atoms with van der Waals surface area (Å²) in [6.45, 7) is 1.92. The van der Waals surface area contributed by atoms with Crippen LogP contribution in [0.2, 0.25) is 0 Å². The first-order valence-corrected chi connectivity index (χ1v) is 6.46. The molecule has 17 heavy (non-hydrogen) atoms. The summed E-state index contributed by atoms with van der Waals surface area (Å²) in [6.07, 6.45) is 3.67. The van der Waals surface area contributed by atoms with Gasteiger partial charge in [-0.25, -0.2) is 0 Å². The number of hydrogen-bond acceptors (Lipinski definition) is 3. The lowest BCUT2D eigenvalue weighted by atomic mass is 9.93. The maximum Gasteiger partial charge on any atom is 0.124 e. The Morgan fingerprint density at radius 2 is 2.29 bits per heavy atom. The van der Waals surface area contributed by atoms with Crippen LogP contribution in [0.15, 0.2) is 18.2 Å². The summed E-state index contributed by atoms with van der Waals surface area (Å²) in [4.78, 5) is 2.54. The van der Waals surface area contributed by atoms with Crippen LogP contribution < -0.4 is 15.4 Å². The van der Waals surface area contributed by atoms with E-state index in [2.05, 4.69) is 23.1 Å². The molecule has 2 N–H and O–H groups in total. The first-order valence-electron chi connectivity index (χ1n) is 6.46. The molecule has 1 aromatic carbocycles. The maximum atomic E-state index is 5.81. The van der Waals surface area contributed by atoms with Gasteiger partial charge in [0.2, 0.25) is 0 Å². The van der Waals surface area contributed by atoms with Gasteiger partial charge in [0.1, 0.15) is 5.75 Å². The number of fused-ring (bicyclic) bond motifs is 3. The minimum absolute atomic E-state index is 0.656. The van der Waals surface area contributed by atoms with Crippen LogP contribution in [0.5, 0.6) is 5.75 Å². The molecule has 2 atom stereocenters. The molecule has 1 aromatic rings. The third-order valence-electron chi connectivity index (χ3n) is 4.21. The summed E-state index contributed by atoms with van der Waals surface area (Å²) in [5.74, 6) is 1.70. The summed E-state index contributed by atoms with van der Waals surface area (Å²) in [5, 5.41) is 0. The van der Waals surface area contributed by atoms with Gasteiger partial charge >= 0.3 is 0 Å². The van der Waals surface area contributed by atoms with Gasteiger partial charge < -0.3 is 15.4 Å². The van der Waals surface area contributed by atoms with Crippen LogP contribution in [0.1, 0.15) is 18.4 Å². The van der Waals surface area contributed by atoms with Gasteiger partial charge in [0.05, 0.1) is 7.11 Å². The molecule has 0 aromatic heterocycles. The Bertz CT molecular complexity index is 419. The average molecular weight is 232 g/mol. The molecule has 2 aliphatic rings. The molecule has 92 valence electrons. The van der Waals surface area contributed by atoms with E-state index >= 15 is 0 Å². The zero-order valence-corrected chi connectivity index (χ0v) is 10.4. The third kappa shape index (κ3) is 1.69. The van der Waals surface area contributed by atoms with Crippen LogP contribution in [-0.2, 0) is 6.42 Å². The Morgan fingerprint density at radius 1 is 1.41 bits per heavy atom. The normalized spacial score (nSPS) is 26.6. The van der Waals surface area contributed by atoms with Crippen LogP contribution in [0, 0.1) is 5.92 Å². The van der Waals surface area contributed by atoms with Gasteiger partial charge in [-0.3, -0.25) is 0 Å². The molecule has 1 fully saturated rings. The molecular weight excluding hydrogens is 212 g/mol. The highest BCUT2D eigenvalue weighted by atomic mass is 16.5. The molecule has 0 aliphatic carbocycles. The van der Waals surface area contributed by atoms with Crippen molar-refractivity contribution in [2.45, 2.75) is 25.3 Å². The van der Waals surface area contributed by atoms with E-state index in [0.29, 0.717) is 12.0 Å². The lowest BCUT2D eigenvalue weighted by Gasteiger charge is -2.36. The van der Waals surface area contributed by atoms with Crippen LogP contribution in [-0.4, -0.2) is 26.2 Å². The van der Waals surface area contributed by atoms with Crippen LogP contribution in [0.3, 0.4) is 0 Å².